The summed E-state index contributed by atoms with van der Waals surface area (Å²) in [6.45, 7) is 2.27. The molecule has 5 rings (SSSR count). The third-order valence-corrected chi connectivity index (χ3v) is 7.97. The van der Waals surface area contributed by atoms with Gasteiger partial charge in [0.2, 0.25) is 11.9 Å². The molecule has 36 heavy (non-hydrogen) atoms. The zero-order chi connectivity index (χ0) is 25.3. The van der Waals surface area contributed by atoms with Crippen LogP contribution in [0.2, 0.25) is 0 Å². The summed E-state index contributed by atoms with van der Waals surface area (Å²) < 4.78 is 10.9. The Morgan fingerprint density at radius 2 is 1.75 bits per heavy atom. The molecule has 8 heteroatoms. The van der Waals surface area contributed by atoms with Crippen molar-refractivity contribution in [1.29, 1.82) is 0 Å². The molecule has 2 heterocycles. The van der Waals surface area contributed by atoms with Gasteiger partial charge in [-0.3, -0.25) is 4.79 Å². The highest BCUT2D eigenvalue weighted by Crippen LogP contribution is 2.39. The first kappa shape index (κ1) is 24.2. The maximum absolute atomic E-state index is 12.9. The van der Waals surface area contributed by atoms with E-state index in [1.54, 1.807) is 14.2 Å². The Morgan fingerprint density at radius 1 is 1.08 bits per heavy atom. The number of rotatable bonds is 7. The topological polar surface area (TPSA) is 93.8 Å². The van der Waals surface area contributed by atoms with Gasteiger partial charge in [0.1, 0.15) is 5.82 Å². The van der Waals surface area contributed by atoms with E-state index in [2.05, 4.69) is 39.0 Å². The van der Waals surface area contributed by atoms with Crippen LogP contribution in [0.3, 0.4) is 0 Å². The number of amides is 1. The van der Waals surface area contributed by atoms with Crippen LogP contribution in [0, 0.1) is 5.92 Å². The average molecular weight is 490 g/mol. The molecule has 190 valence electrons. The Balaban J connectivity index is 1.42. The predicted molar refractivity (Wildman–Crippen MR) is 142 cm³/mol. The van der Waals surface area contributed by atoms with Crippen LogP contribution in [-0.4, -0.2) is 61.7 Å². The Bertz CT molecular complexity index is 1240. The molecule has 2 aromatic carbocycles. The van der Waals surface area contributed by atoms with Crippen molar-refractivity contribution in [3.05, 3.63) is 48.0 Å². The molecule has 0 spiro atoms. The lowest BCUT2D eigenvalue weighted by Crippen LogP contribution is -2.51. The number of aromatic nitrogens is 2. The highest BCUT2D eigenvalue weighted by atomic mass is 16.5. The van der Waals surface area contributed by atoms with Crippen LogP contribution in [0.5, 0.6) is 11.5 Å². The monoisotopic (exact) mass is 489 g/mol. The Morgan fingerprint density at radius 3 is 2.36 bits per heavy atom. The van der Waals surface area contributed by atoms with Gasteiger partial charge >= 0.3 is 0 Å². The van der Waals surface area contributed by atoms with Gasteiger partial charge in [0, 0.05) is 49.5 Å². The zero-order valence-corrected chi connectivity index (χ0v) is 21.4. The minimum Gasteiger partial charge on any atom is -0.493 e. The number of piperidine rings is 1. The van der Waals surface area contributed by atoms with Crippen LogP contribution in [-0.2, 0) is 10.2 Å². The molecule has 0 atom stereocenters. The van der Waals surface area contributed by atoms with Gasteiger partial charge in [-0.1, -0.05) is 36.8 Å². The smallest absolute Gasteiger partial charge is 0.227 e. The summed E-state index contributed by atoms with van der Waals surface area (Å²) in [5, 5.41) is 0.727. The normalized spacial score (nSPS) is 17.5. The number of likely N-dealkylation sites (N-methyl/N-ethyl adjacent to an activating group) is 1. The van der Waals surface area contributed by atoms with Crippen molar-refractivity contribution < 1.29 is 14.3 Å². The molecule has 0 radical (unpaired) electrons. The molecule has 2 fully saturated rings. The Hall–Kier alpha value is -3.55. The summed E-state index contributed by atoms with van der Waals surface area (Å²) in [7, 11) is 5.21. The quantitative estimate of drug-likeness (QED) is 0.536. The number of ether oxygens (including phenoxy) is 2. The fraction of sp³-hybridized carbons (Fsp3) is 0.464. The number of fused-ring (bicyclic) bond motifs is 1. The van der Waals surface area contributed by atoms with Crippen molar-refractivity contribution in [3.63, 3.8) is 0 Å². The number of hydrogen-bond donors (Lipinski definition) is 1. The molecule has 2 aliphatic rings. The number of nitrogens with zero attached hydrogens (tertiary/aromatic N) is 4. The molecule has 1 saturated heterocycles. The first-order valence-corrected chi connectivity index (χ1v) is 12.7. The molecule has 3 aromatic rings. The van der Waals surface area contributed by atoms with Crippen molar-refractivity contribution in [2.24, 2.45) is 5.92 Å². The van der Waals surface area contributed by atoms with E-state index < -0.39 is 0 Å². The first-order valence-electron chi connectivity index (χ1n) is 12.7. The average Bonchev–Trinajstić information content (AvgIpc) is 2.87. The lowest BCUT2D eigenvalue weighted by molar-refractivity contribution is -0.139. The van der Waals surface area contributed by atoms with E-state index in [0.29, 0.717) is 34.7 Å². The van der Waals surface area contributed by atoms with Crippen molar-refractivity contribution in [2.75, 3.05) is 51.5 Å². The fourth-order valence-electron chi connectivity index (χ4n) is 5.56. The molecule has 0 bridgehead atoms. The van der Waals surface area contributed by atoms with Gasteiger partial charge in [0.05, 0.1) is 19.7 Å². The Labute approximate surface area is 212 Å². The number of anilines is 2. The fourth-order valence-corrected chi connectivity index (χ4v) is 5.56. The predicted octanol–water partition coefficient (Wildman–Crippen LogP) is 4.03. The lowest BCUT2D eigenvalue weighted by atomic mass is 9.72. The van der Waals surface area contributed by atoms with Crippen molar-refractivity contribution in [3.8, 4) is 11.5 Å². The van der Waals surface area contributed by atoms with Crippen LogP contribution in [0.25, 0.3) is 10.9 Å². The summed E-state index contributed by atoms with van der Waals surface area (Å²) >= 11 is 0. The maximum Gasteiger partial charge on any atom is 0.227 e. The van der Waals surface area contributed by atoms with Gasteiger partial charge in [-0.25, -0.2) is 4.98 Å². The number of methoxy groups -OCH3 is 2. The summed E-state index contributed by atoms with van der Waals surface area (Å²) in [5.74, 6) is 2.73. The van der Waals surface area contributed by atoms with Crippen LogP contribution in [0.1, 0.15) is 37.7 Å². The summed E-state index contributed by atoms with van der Waals surface area (Å²) in [6.07, 6.45) is 5.05. The number of carbonyl (C=O) groups is 1. The highest BCUT2D eigenvalue weighted by molar-refractivity contribution is 5.91. The molecule has 2 N–H and O–H groups in total. The van der Waals surface area contributed by atoms with E-state index in [-0.39, 0.29) is 11.3 Å². The lowest BCUT2D eigenvalue weighted by Gasteiger charge is -2.45. The first-order chi connectivity index (χ1) is 17.4. The van der Waals surface area contributed by atoms with Gasteiger partial charge in [0.25, 0.3) is 0 Å². The van der Waals surface area contributed by atoms with Crippen molar-refractivity contribution >= 4 is 28.6 Å². The zero-order valence-electron chi connectivity index (χ0n) is 21.4. The van der Waals surface area contributed by atoms with Crippen molar-refractivity contribution in [1.82, 2.24) is 14.9 Å². The van der Waals surface area contributed by atoms with E-state index in [4.69, 9.17) is 20.2 Å². The number of nitrogen functional groups attached to an aromatic ring is 1. The van der Waals surface area contributed by atoms with Crippen LogP contribution in [0.15, 0.2) is 42.5 Å². The van der Waals surface area contributed by atoms with Gasteiger partial charge < -0.3 is 25.0 Å². The number of nitrogens with two attached hydrogens (primary N) is 1. The van der Waals surface area contributed by atoms with Crippen LogP contribution >= 0.6 is 0 Å². The third kappa shape index (κ3) is 4.40. The molecule has 1 amide bonds. The van der Waals surface area contributed by atoms with E-state index >= 15 is 0 Å². The maximum atomic E-state index is 12.9. The Kier molecular flexibility index (Phi) is 6.60. The SMILES string of the molecule is COc1cc2nc(N(C)CC3(c4ccccc4)CCN(C(=O)C4CCC4)CC3)nc(N)c2cc1OC. The highest BCUT2D eigenvalue weighted by Gasteiger charge is 2.40. The molecule has 1 saturated carbocycles. The molecule has 8 nitrogen and oxygen atoms in total. The van der Waals surface area contributed by atoms with E-state index in [0.717, 1.165) is 50.7 Å². The van der Waals surface area contributed by atoms with Crippen LogP contribution < -0.4 is 20.1 Å². The second kappa shape index (κ2) is 9.84. The summed E-state index contributed by atoms with van der Waals surface area (Å²) in [4.78, 5) is 26.5. The second-order valence-corrected chi connectivity index (χ2v) is 10.1. The van der Waals surface area contributed by atoms with Gasteiger partial charge in [-0.05, 0) is 37.3 Å². The van der Waals surface area contributed by atoms with E-state index in [1.807, 2.05) is 25.2 Å². The summed E-state index contributed by atoms with van der Waals surface area (Å²) in [6, 6.07) is 14.3. The standard InChI is InChI=1S/C28H35N5O3/c1-32(27-30-22-17-24(36-3)23(35-2)16-21(22)25(29)31-27)18-28(20-10-5-4-6-11-20)12-14-33(15-13-28)26(34)19-8-7-9-19/h4-6,10-11,16-17,19H,7-9,12-15,18H2,1-3H3,(H2,29,30,31). The largest absolute Gasteiger partial charge is 0.493 e. The number of carbonyl (C=O) groups excluding carboxylic acids is 1. The van der Waals surface area contributed by atoms with Gasteiger partial charge in [-0.15, -0.1) is 0 Å². The molecule has 1 aromatic heterocycles. The minimum atomic E-state index is -0.114. The molecular weight excluding hydrogens is 454 g/mol. The minimum absolute atomic E-state index is 0.114. The van der Waals surface area contributed by atoms with E-state index in [9.17, 15) is 4.79 Å². The van der Waals surface area contributed by atoms with Crippen molar-refractivity contribution in [2.45, 2.75) is 37.5 Å². The van der Waals surface area contributed by atoms with Gasteiger partial charge in [0.15, 0.2) is 11.5 Å². The second-order valence-electron chi connectivity index (χ2n) is 10.1. The van der Waals surface area contributed by atoms with Gasteiger partial charge in [-0.2, -0.15) is 4.98 Å². The number of hydrogen-bond acceptors (Lipinski definition) is 7. The molecular formula is C28H35N5O3. The van der Waals surface area contributed by atoms with Crippen LogP contribution in [0.4, 0.5) is 11.8 Å². The van der Waals surface area contributed by atoms with E-state index in [1.165, 1.54) is 12.0 Å². The number of benzene rings is 2. The molecule has 1 aliphatic carbocycles. The molecule has 0 unspecified atom stereocenters. The molecule has 1 aliphatic heterocycles. The number of likely N-dealkylation sites (tertiary alicyclic amines) is 1. The third-order valence-electron chi connectivity index (χ3n) is 7.97. The summed E-state index contributed by atoms with van der Waals surface area (Å²) in [5.41, 5.74) is 8.24.